The topological polar surface area (TPSA) is 41.6 Å². The summed E-state index contributed by atoms with van der Waals surface area (Å²) in [4.78, 5) is 14.5. The van der Waals surface area contributed by atoms with Crippen molar-refractivity contribution in [1.82, 2.24) is 10.2 Å². The maximum absolute atomic E-state index is 12.0. The van der Waals surface area contributed by atoms with Gasteiger partial charge >= 0.3 is 0 Å². The lowest BCUT2D eigenvalue weighted by molar-refractivity contribution is 0.0613. The number of rotatable bonds is 4. The van der Waals surface area contributed by atoms with Crippen LogP contribution in [0.15, 0.2) is 16.8 Å². The highest BCUT2D eigenvalue weighted by atomic mass is 32.1. The Balaban J connectivity index is 1.40. The van der Waals surface area contributed by atoms with Crippen LogP contribution in [-0.2, 0) is 4.74 Å². The molecule has 0 bridgehead atoms. The molecular formula is C15H22N2O2S. The van der Waals surface area contributed by atoms with Gasteiger partial charge in [-0.1, -0.05) is 0 Å². The van der Waals surface area contributed by atoms with Gasteiger partial charge in [0.15, 0.2) is 0 Å². The van der Waals surface area contributed by atoms with Gasteiger partial charge in [0.05, 0.1) is 6.10 Å². The SMILES string of the molecule is O=C(NC1CCN(C[C@H]2CCCO2)CC1)c1ccsc1. The Kier molecular flexibility index (Phi) is 4.70. The van der Waals surface area contributed by atoms with Crippen LogP contribution < -0.4 is 5.32 Å². The number of ether oxygens (including phenoxy) is 1. The summed E-state index contributed by atoms with van der Waals surface area (Å²) < 4.78 is 5.69. The molecule has 4 nitrogen and oxygen atoms in total. The number of carbonyl (C=O) groups excluding carboxylic acids is 1. The Hall–Kier alpha value is -0.910. The molecule has 3 heterocycles. The molecule has 0 aromatic carbocycles. The number of carbonyl (C=O) groups is 1. The molecule has 110 valence electrons. The summed E-state index contributed by atoms with van der Waals surface area (Å²) in [7, 11) is 0. The zero-order chi connectivity index (χ0) is 13.8. The predicted molar refractivity (Wildman–Crippen MR) is 80.2 cm³/mol. The Bertz CT molecular complexity index is 421. The number of nitrogens with zero attached hydrogens (tertiary/aromatic N) is 1. The van der Waals surface area contributed by atoms with Crippen molar-refractivity contribution in [3.05, 3.63) is 22.4 Å². The van der Waals surface area contributed by atoms with Crippen molar-refractivity contribution in [3.63, 3.8) is 0 Å². The van der Waals surface area contributed by atoms with Crippen LogP contribution in [0.1, 0.15) is 36.0 Å². The van der Waals surface area contributed by atoms with Gasteiger partial charge in [-0.25, -0.2) is 0 Å². The number of thiophene rings is 1. The van der Waals surface area contributed by atoms with E-state index in [9.17, 15) is 4.79 Å². The van der Waals surface area contributed by atoms with Crippen LogP contribution in [0, 0.1) is 0 Å². The fraction of sp³-hybridized carbons (Fsp3) is 0.667. The van der Waals surface area contributed by atoms with E-state index in [4.69, 9.17) is 4.74 Å². The Labute approximate surface area is 124 Å². The first-order valence-electron chi connectivity index (χ1n) is 7.48. The number of likely N-dealkylation sites (tertiary alicyclic amines) is 1. The van der Waals surface area contributed by atoms with Crippen molar-refractivity contribution in [2.24, 2.45) is 0 Å². The molecule has 5 heteroatoms. The van der Waals surface area contributed by atoms with Crippen LogP contribution >= 0.6 is 11.3 Å². The van der Waals surface area contributed by atoms with Gasteiger partial charge < -0.3 is 15.0 Å². The average molecular weight is 294 g/mol. The molecule has 0 radical (unpaired) electrons. The molecule has 0 spiro atoms. The predicted octanol–water partition coefficient (Wildman–Crippen LogP) is 2.12. The van der Waals surface area contributed by atoms with E-state index in [-0.39, 0.29) is 5.91 Å². The van der Waals surface area contributed by atoms with Gasteiger partial charge in [-0.3, -0.25) is 4.79 Å². The minimum absolute atomic E-state index is 0.0730. The van der Waals surface area contributed by atoms with E-state index in [2.05, 4.69) is 10.2 Å². The second kappa shape index (κ2) is 6.70. The minimum Gasteiger partial charge on any atom is -0.377 e. The van der Waals surface area contributed by atoms with Crippen LogP contribution in [0.3, 0.4) is 0 Å². The van der Waals surface area contributed by atoms with Crippen molar-refractivity contribution in [1.29, 1.82) is 0 Å². The molecule has 1 N–H and O–H groups in total. The van der Waals surface area contributed by atoms with Gasteiger partial charge in [0.25, 0.3) is 5.91 Å². The zero-order valence-corrected chi connectivity index (χ0v) is 12.5. The maximum atomic E-state index is 12.0. The van der Waals surface area contributed by atoms with Gasteiger partial charge in [-0.15, -0.1) is 0 Å². The number of nitrogens with one attached hydrogen (secondary N) is 1. The highest BCUT2D eigenvalue weighted by molar-refractivity contribution is 7.08. The standard InChI is InChI=1S/C15H22N2O2S/c18-15(12-5-9-20-11-12)16-13-3-6-17(7-4-13)10-14-2-1-8-19-14/h5,9,11,13-14H,1-4,6-8,10H2,(H,16,18)/t14-/m1/s1. The normalized spacial score (nSPS) is 24.9. The largest absolute Gasteiger partial charge is 0.377 e. The van der Waals surface area contributed by atoms with E-state index in [0.29, 0.717) is 12.1 Å². The second-order valence-corrected chi connectivity index (χ2v) is 6.48. The maximum Gasteiger partial charge on any atom is 0.252 e. The first kappa shape index (κ1) is 14.0. The lowest BCUT2D eigenvalue weighted by Gasteiger charge is -2.33. The van der Waals surface area contributed by atoms with Crippen LogP contribution in [0.4, 0.5) is 0 Å². The van der Waals surface area contributed by atoms with Crippen LogP contribution in [0.2, 0.25) is 0 Å². The highest BCUT2D eigenvalue weighted by Gasteiger charge is 2.24. The molecule has 0 unspecified atom stereocenters. The monoisotopic (exact) mass is 294 g/mol. The second-order valence-electron chi connectivity index (χ2n) is 5.70. The number of hydrogen-bond donors (Lipinski definition) is 1. The molecular weight excluding hydrogens is 272 g/mol. The summed E-state index contributed by atoms with van der Waals surface area (Å²) in [6, 6.07) is 2.20. The quantitative estimate of drug-likeness (QED) is 0.925. The van der Waals surface area contributed by atoms with E-state index < -0.39 is 0 Å². The van der Waals surface area contributed by atoms with E-state index >= 15 is 0 Å². The molecule has 1 aromatic heterocycles. The molecule has 2 saturated heterocycles. The summed E-state index contributed by atoms with van der Waals surface area (Å²) in [5.41, 5.74) is 0.789. The first-order valence-corrected chi connectivity index (χ1v) is 8.42. The van der Waals surface area contributed by atoms with Crippen molar-refractivity contribution in [3.8, 4) is 0 Å². The summed E-state index contributed by atoms with van der Waals surface area (Å²) >= 11 is 1.57. The summed E-state index contributed by atoms with van der Waals surface area (Å²) in [5, 5.41) is 6.99. The van der Waals surface area contributed by atoms with E-state index in [0.717, 1.165) is 44.6 Å². The fourth-order valence-corrected chi connectivity index (χ4v) is 3.63. The zero-order valence-electron chi connectivity index (χ0n) is 11.7. The van der Waals surface area contributed by atoms with Crippen molar-refractivity contribution >= 4 is 17.2 Å². The number of piperidine rings is 1. The van der Waals surface area contributed by atoms with Crippen molar-refractivity contribution in [2.45, 2.75) is 37.8 Å². The van der Waals surface area contributed by atoms with Gasteiger partial charge in [0.2, 0.25) is 0 Å². The molecule has 1 amide bonds. The van der Waals surface area contributed by atoms with Gasteiger partial charge in [0, 0.05) is 43.2 Å². The van der Waals surface area contributed by atoms with Crippen LogP contribution in [-0.4, -0.2) is 49.2 Å². The van der Waals surface area contributed by atoms with Crippen molar-refractivity contribution < 1.29 is 9.53 Å². The highest BCUT2D eigenvalue weighted by Crippen LogP contribution is 2.17. The Morgan fingerprint density at radius 3 is 2.90 bits per heavy atom. The number of hydrogen-bond acceptors (Lipinski definition) is 4. The lowest BCUT2D eigenvalue weighted by Crippen LogP contribution is -2.46. The third kappa shape index (κ3) is 3.59. The molecule has 2 aliphatic rings. The third-order valence-corrected chi connectivity index (χ3v) is 4.88. The van der Waals surface area contributed by atoms with Gasteiger partial charge in [-0.2, -0.15) is 11.3 Å². The average Bonchev–Trinajstić information content (AvgIpc) is 3.13. The minimum atomic E-state index is 0.0730. The van der Waals surface area contributed by atoms with Gasteiger partial charge in [0.1, 0.15) is 0 Å². The van der Waals surface area contributed by atoms with Crippen LogP contribution in [0.25, 0.3) is 0 Å². The van der Waals surface area contributed by atoms with E-state index in [1.54, 1.807) is 11.3 Å². The molecule has 0 aliphatic carbocycles. The Morgan fingerprint density at radius 1 is 1.40 bits per heavy atom. The van der Waals surface area contributed by atoms with E-state index in [1.165, 1.54) is 12.8 Å². The van der Waals surface area contributed by atoms with Crippen LogP contribution in [0.5, 0.6) is 0 Å². The first-order chi connectivity index (χ1) is 9.81. The molecule has 1 aromatic rings. The fourth-order valence-electron chi connectivity index (χ4n) is 3.00. The van der Waals surface area contributed by atoms with Crippen molar-refractivity contribution in [2.75, 3.05) is 26.2 Å². The number of amides is 1. The summed E-state index contributed by atoms with van der Waals surface area (Å²) in [6.07, 6.45) is 4.93. The van der Waals surface area contributed by atoms with E-state index in [1.807, 2.05) is 16.8 Å². The molecule has 2 aliphatic heterocycles. The molecule has 0 saturated carbocycles. The summed E-state index contributed by atoms with van der Waals surface area (Å²) in [6.45, 7) is 4.12. The smallest absolute Gasteiger partial charge is 0.252 e. The third-order valence-electron chi connectivity index (χ3n) is 4.19. The molecule has 2 fully saturated rings. The molecule has 3 rings (SSSR count). The Morgan fingerprint density at radius 2 is 2.25 bits per heavy atom. The summed E-state index contributed by atoms with van der Waals surface area (Å²) in [5.74, 6) is 0.0730. The lowest BCUT2D eigenvalue weighted by atomic mass is 10.0. The van der Waals surface area contributed by atoms with Gasteiger partial charge in [-0.05, 0) is 37.1 Å². The molecule has 20 heavy (non-hydrogen) atoms. The molecule has 1 atom stereocenters.